The fourth-order valence-electron chi connectivity index (χ4n) is 5.90. The molecule has 1 amide bonds. The van der Waals surface area contributed by atoms with E-state index in [4.69, 9.17) is 5.73 Å². The third kappa shape index (κ3) is 4.01. The van der Waals surface area contributed by atoms with Crippen molar-refractivity contribution in [1.82, 2.24) is 0 Å². The fraction of sp³-hybridized carbons (Fsp3) is 0.480. The SMILES string of the molecule is CC(C)(CCC[NH+]=O)c1ccc2c(c1O)C(O)=C1C(=O)[C@]3(O)C(O)=C(C(N)=O)C(=O)C[C@@H]3[C@@H](O)[C@@H]1C2.[Cl-]. The number of nitrogens with one attached hydrogen (secondary N) is 1. The molecule has 12 heteroatoms. The Hall–Kier alpha value is -3.28. The number of hydrogen-bond donors (Lipinski definition) is 7. The molecular formula is C25H29ClN2O9. The smallest absolute Gasteiger partial charge is 0.255 e. The Labute approximate surface area is 218 Å². The van der Waals surface area contributed by atoms with Gasteiger partial charge >= 0.3 is 0 Å². The van der Waals surface area contributed by atoms with Crippen LogP contribution in [0.5, 0.6) is 5.75 Å². The molecule has 0 unspecified atom stereocenters. The summed E-state index contributed by atoms with van der Waals surface area (Å²) in [5.74, 6) is -8.14. The molecule has 0 bridgehead atoms. The first kappa shape index (κ1) is 28.3. The number of halogens is 1. The number of carbonyl (C=O) groups excluding carboxylic acids is 3. The van der Waals surface area contributed by atoms with Crippen LogP contribution in [0.3, 0.4) is 0 Å². The Morgan fingerprint density at radius 1 is 1.19 bits per heavy atom. The van der Waals surface area contributed by atoms with Gasteiger partial charge in [0, 0.05) is 40.7 Å². The van der Waals surface area contributed by atoms with Crippen LogP contribution in [0.2, 0.25) is 0 Å². The molecule has 4 atom stereocenters. The van der Waals surface area contributed by atoms with Crippen molar-refractivity contribution in [1.29, 1.82) is 0 Å². The third-order valence-electron chi connectivity index (χ3n) is 7.86. The lowest BCUT2D eigenvalue weighted by molar-refractivity contribution is -0.481. The molecular weight excluding hydrogens is 508 g/mol. The molecule has 4 rings (SSSR count). The highest BCUT2D eigenvalue weighted by molar-refractivity contribution is 6.22. The van der Waals surface area contributed by atoms with Gasteiger partial charge in [0.25, 0.3) is 5.91 Å². The lowest BCUT2D eigenvalue weighted by Crippen LogP contribution is -3.00. The van der Waals surface area contributed by atoms with E-state index in [9.17, 15) is 44.8 Å². The van der Waals surface area contributed by atoms with Gasteiger partial charge in [0.1, 0.15) is 22.8 Å². The Balaban J connectivity index is 0.00000380. The van der Waals surface area contributed by atoms with Gasteiger partial charge < -0.3 is 43.7 Å². The van der Waals surface area contributed by atoms with Gasteiger partial charge in [-0.25, -0.2) is 0 Å². The average Bonchev–Trinajstić information content (AvgIpc) is 2.79. The summed E-state index contributed by atoms with van der Waals surface area (Å²) in [6, 6.07) is 3.35. The summed E-state index contributed by atoms with van der Waals surface area (Å²) in [5.41, 5.74) is 1.22. The van der Waals surface area contributed by atoms with Crippen molar-refractivity contribution < 1.29 is 57.5 Å². The van der Waals surface area contributed by atoms with Crippen LogP contribution < -0.4 is 23.3 Å². The molecule has 1 saturated carbocycles. The zero-order chi connectivity index (χ0) is 26.7. The number of benzene rings is 1. The second-order valence-corrected chi connectivity index (χ2v) is 10.4. The van der Waals surface area contributed by atoms with Gasteiger partial charge in [-0.15, -0.1) is 0 Å². The second kappa shape index (κ2) is 9.55. The molecule has 0 heterocycles. The maximum atomic E-state index is 13.6. The van der Waals surface area contributed by atoms with Crippen LogP contribution in [0.1, 0.15) is 49.8 Å². The third-order valence-corrected chi connectivity index (χ3v) is 7.86. The van der Waals surface area contributed by atoms with E-state index in [0.717, 1.165) is 0 Å². The predicted molar refractivity (Wildman–Crippen MR) is 124 cm³/mol. The standard InChI is InChI=1S/C25H28N2O9.ClH/c1-24(2,6-3-7-27-36)12-5-4-10-8-11-16(20(31)15(10)19(12)30)21(32)25(35)13(18(11)29)9-14(28)17(22(25)33)23(26)34;/h4-5,11,13,18,29-31,33,35H,3,6-9H2,1-2H3,(H2,26,34);1H/t11-,13-,18+,25+;/m1./s1. The number of phenolic OH excluding ortho intramolecular Hbond substituents is 1. The molecule has 0 radical (unpaired) electrons. The van der Waals surface area contributed by atoms with E-state index in [2.05, 4.69) is 0 Å². The number of ketones is 2. The minimum Gasteiger partial charge on any atom is -1.00 e. The number of hydrogen-bond acceptors (Lipinski definition) is 9. The lowest BCUT2D eigenvalue weighted by atomic mass is 9.57. The Morgan fingerprint density at radius 2 is 1.84 bits per heavy atom. The van der Waals surface area contributed by atoms with E-state index < -0.39 is 75.5 Å². The van der Waals surface area contributed by atoms with Crippen molar-refractivity contribution in [3.05, 3.63) is 50.6 Å². The van der Waals surface area contributed by atoms with Crippen molar-refractivity contribution >= 4 is 23.2 Å². The molecule has 1 aromatic carbocycles. The van der Waals surface area contributed by atoms with Crippen LogP contribution in [0.25, 0.3) is 5.76 Å². The van der Waals surface area contributed by atoms with Gasteiger partial charge in [0.2, 0.25) is 5.78 Å². The van der Waals surface area contributed by atoms with E-state index >= 15 is 0 Å². The summed E-state index contributed by atoms with van der Waals surface area (Å²) in [5, 5.41) is 57.2. The van der Waals surface area contributed by atoms with Crippen molar-refractivity contribution in [3.63, 3.8) is 0 Å². The van der Waals surface area contributed by atoms with Gasteiger partial charge in [-0.3, -0.25) is 14.4 Å². The number of aromatic hydroxyl groups is 1. The fourth-order valence-corrected chi connectivity index (χ4v) is 5.90. The van der Waals surface area contributed by atoms with Crippen molar-refractivity contribution in [2.24, 2.45) is 17.6 Å². The lowest BCUT2D eigenvalue weighted by Gasteiger charge is -2.48. The molecule has 8 N–H and O–H groups in total. The molecule has 0 aliphatic heterocycles. The van der Waals surface area contributed by atoms with Crippen molar-refractivity contribution in [2.45, 2.75) is 56.7 Å². The van der Waals surface area contributed by atoms with Gasteiger partial charge in [-0.05, 0) is 29.0 Å². The number of aliphatic hydroxyl groups is 4. The highest BCUT2D eigenvalue weighted by atomic mass is 35.5. The second-order valence-electron chi connectivity index (χ2n) is 10.4. The number of Topliss-reactive ketones (excluding diaryl/α,β-unsaturated/α-hetero) is 2. The first-order valence-corrected chi connectivity index (χ1v) is 11.6. The molecule has 37 heavy (non-hydrogen) atoms. The monoisotopic (exact) mass is 536 g/mol. The van der Waals surface area contributed by atoms with Gasteiger partial charge in [0.05, 0.1) is 11.7 Å². The number of nitrogens with two attached hydrogens (primary N) is 1. The van der Waals surface area contributed by atoms with Gasteiger partial charge in [-0.2, -0.15) is 0 Å². The summed E-state index contributed by atoms with van der Waals surface area (Å²) in [6.07, 6.45) is -1.11. The van der Waals surface area contributed by atoms with Crippen LogP contribution in [-0.2, 0) is 26.2 Å². The summed E-state index contributed by atoms with van der Waals surface area (Å²) < 4.78 is 0. The number of phenols is 1. The molecule has 0 aromatic heterocycles. The van der Waals surface area contributed by atoms with Crippen LogP contribution >= 0.6 is 0 Å². The number of carbonyl (C=O) groups is 3. The quantitative estimate of drug-likeness (QED) is 0.141. The predicted octanol–water partition coefficient (Wildman–Crippen LogP) is -3.70. The number of rotatable bonds is 6. The normalized spacial score (nSPS) is 27.2. The van der Waals surface area contributed by atoms with E-state index in [1.165, 1.54) is 0 Å². The number of fused-ring (bicyclic) bond motifs is 3. The molecule has 3 aliphatic rings. The Bertz CT molecular complexity index is 1270. The highest BCUT2D eigenvalue weighted by Crippen LogP contribution is 2.53. The number of aliphatic hydroxyl groups excluding tert-OH is 3. The van der Waals surface area contributed by atoms with Crippen LogP contribution in [0, 0.1) is 16.7 Å². The van der Waals surface area contributed by atoms with Crippen molar-refractivity contribution in [3.8, 4) is 5.75 Å². The van der Waals surface area contributed by atoms with Gasteiger partial charge in [-0.1, -0.05) is 26.0 Å². The summed E-state index contributed by atoms with van der Waals surface area (Å²) in [4.78, 5) is 48.3. The molecule has 0 spiro atoms. The molecule has 11 nitrogen and oxygen atoms in total. The first-order valence-electron chi connectivity index (χ1n) is 11.6. The van der Waals surface area contributed by atoms with E-state index in [-0.39, 0.29) is 36.7 Å². The largest absolute Gasteiger partial charge is 1.00 e. The van der Waals surface area contributed by atoms with E-state index in [1.807, 2.05) is 19.0 Å². The molecule has 0 saturated heterocycles. The zero-order valence-corrected chi connectivity index (χ0v) is 21.0. The zero-order valence-electron chi connectivity index (χ0n) is 20.2. The minimum absolute atomic E-state index is 0. The Morgan fingerprint density at radius 3 is 2.43 bits per heavy atom. The number of amides is 1. The maximum absolute atomic E-state index is 13.6. The maximum Gasteiger partial charge on any atom is 0.255 e. The van der Waals surface area contributed by atoms with E-state index in [1.54, 1.807) is 12.1 Å². The van der Waals surface area contributed by atoms with Crippen molar-refractivity contribution in [2.75, 3.05) is 6.54 Å². The average molecular weight is 537 g/mol. The molecule has 1 aromatic rings. The van der Waals surface area contributed by atoms with Crippen LogP contribution in [0.15, 0.2) is 29.0 Å². The molecule has 3 aliphatic carbocycles. The summed E-state index contributed by atoms with van der Waals surface area (Å²) in [6.45, 7) is 3.93. The Kier molecular flexibility index (Phi) is 7.30. The van der Waals surface area contributed by atoms with Crippen LogP contribution in [0.4, 0.5) is 0 Å². The van der Waals surface area contributed by atoms with E-state index in [0.29, 0.717) is 24.0 Å². The topological polar surface area (TPSA) is 209 Å². The minimum atomic E-state index is -2.85. The number of nitroso groups, excluding NO2 is 1. The summed E-state index contributed by atoms with van der Waals surface area (Å²) >= 11 is 0. The van der Waals surface area contributed by atoms with Gasteiger partial charge in [0.15, 0.2) is 17.9 Å². The number of primary amides is 1. The van der Waals surface area contributed by atoms with Crippen LogP contribution in [-0.4, -0.2) is 61.3 Å². The first-order chi connectivity index (χ1) is 16.8. The highest BCUT2D eigenvalue weighted by Gasteiger charge is 2.64. The summed E-state index contributed by atoms with van der Waals surface area (Å²) in [7, 11) is 0. The molecule has 1 fully saturated rings. The molecule has 200 valence electrons.